The van der Waals surface area contributed by atoms with Crippen LogP contribution < -0.4 is 5.43 Å². The van der Waals surface area contributed by atoms with Crippen LogP contribution in [0.25, 0.3) is 10.9 Å². The molecule has 1 aliphatic heterocycles. The van der Waals surface area contributed by atoms with Crippen molar-refractivity contribution in [1.29, 1.82) is 0 Å². The molecule has 0 spiro atoms. The molecule has 1 atom stereocenters. The maximum atomic E-state index is 4.43. The average Bonchev–Trinajstić information content (AvgIpc) is 3.01. The molecule has 2 N–H and O–H groups in total. The van der Waals surface area contributed by atoms with Crippen LogP contribution in [0.15, 0.2) is 23.3 Å². The van der Waals surface area contributed by atoms with Gasteiger partial charge in [0.25, 0.3) is 0 Å². The fourth-order valence-electron chi connectivity index (χ4n) is 3.35. The zero-order valence-corrected chi connectivity index (χ0v) is 11.3. The number of rotatable bonds is 1. The largest absolute Gasteiger partial charge is 0.358 e. The molecule has 0 saturated heterocycles. The molecule has 1 aromatic carbocycles. The van der Waals surface area contributed by atoms with E-state index in [2.05, 4.69) is 40.6 Å². The normalized spacial score (nSPS) is 22.2. The van der Waals surface area contributed by atoms with Crippen LogP contribution in [0.5, 0.6) is 0 Å². The summed E-state index contributed by atoms with van der Waals surface area (Å²) in [5.74, 6) is 0. The highest BCUT2D eigenvalue weighted by Crippen LogP contribution is 2.30. The molecule has 2 heterocycles. The van der Waals surface area contributed by atoms with Crippen LogP contribution in [0.3, 0.4) is 0 Å². The van der Waals surface area contributed by atoms with Gasteiger partial charge < -0.3 is 10.4 Å². The Balaban J connectivity index is 1.80. The standard InChI is InChI=1S/C16H19N3/c1-10-8-15(19-18-10)11-6-7-13-12-4-2-3-5-14(12)17-16(13)9-11/h6-7,9-10,17-18H,2-5,8H2,1H3. The van der Waals surface area contributed by atoms with Gasteiger partial charge in [0, 0.05) is 29.1 Å². The van der Waals surface area contributed by atoms with E-state index in [0.29, 0.717) is 6.04 Å². The van der Waals surface area contributed by atoms with Crippen LogP contribution in [-0.2, 0) is 12.8 Å². The second kappa shape index (κ2) is 4.12. The summed E-state index contributed by atoms with van der Waals surface area (Å²) in [4.78, 5) is 3.62. The highest BCUT2D eigenvalue weighted by atomic mass is 15.3. The lowest BCUT2D eigenvalue weighted by molar-refractivity contribution is 0.636. The fourth-order valence-corrected chi connectivity index (χ4v) is 3.35. The van der Waals surface area contributed by atoms with Gasteiger partial charge in [-0.15, -0.1) is 0 Å². The minimum atomic E-state index is 0.461. The van der Waals surface area contributed by atoms with E-state index in [4.69, 9.17) is 0 Å². The molecule has 1 aromatic heterocycles. The van der Waals surface area contributed by atoms with E-state index in [1.54, 1.807) is 5.56 Å². The Morgan fingerprint density at radius 3 is 2.95 bits per heavy atom. The van der Waals surface area contributed by atoms with Crippen LogP contribution in [0.1, 0.15) is 43.0 Å². The van der Waals surface area contributed by atoms with E-state index < -0.39 is 0 Å². The number of benzene rings is 1. The number of nitrogens with one attached hydrogen (secondary N) is 2. The van der Waals surface area contributed by atoms with Gasteiger partial charge >= 0.3 is 0 Å². The maximum absolute atomic E-state index is 4.43. The topological polar surface area (TPSA) is 40.2 Å². The van der Waals surface area contributed by atoms with Gasteiger partial charge in [-0.3, -0.25) is 0 Å². The smallest absolute Gasteiger partial charge is 0.0696 e. The number of aromatic nitrogens is 1. The molecule has 98 valence electrons. The Morgan fingerprint density at radius 2 is 2.11 bits per heavy atom. The summed E-state index contributed by atoms with van der Waals surface area (Å²) in [6.45, 7) is 2.17. The molecule has 0 saturated carbocycles. The predicted octanol–water partition coefficient (Wildman–Crippen LogP) is 3.13. The first-order valence-electron chi connectivity index (χ1n) is 7.27. The lowest BCUT2D eigenvalue weighted by Gasteiger charge is -2.10. The quantitative estimate of drug-likeness (QED) is 0.805. The highest BCUT2D eigenvalue weighted by Gasteiger charge is 2.18. The number of fused-ring (bicyclic) bond motifs is 3. The van der Waals surface area contributed by atoms with Crippen molar-refractivity contribution < 1.29 is 0 Å². The second-order valence-electron chi connectivity index (χ2n) is 5.84. The van der Waals surface area contributed by atoms with Gasteiger partial charge in [-0.2, -0.15) is 5.10 Å². The second-order valence-corrected chi connectivity index (χ2v) is 5.84. The first kappa shape index (κ1) is 11.1. The predicted molar refractivity (Wildman–Crippen MR) is 78.7 cm³/mol. The van der Waals surface area contributed by atoms with Gasteiger partial charge in [0.2, 0.25) is 0 Å². The number of hydrogen-bond acceptors (Lipinski definition) is 2. The zero-order chi connectivity index (χ0) is 12.8. The number of H-pyrrole nitrogens is 1. The van der Waals surface area contributed by atoms with Crippen LogP contribution in [-0.4, -0.2) is 16.7 Å². The summed E-state index contributed by atoms with van der Waals surface area (Å²) >= 11 is 0. The molecule has 19 heavy (non-hydrogen) atoms. The number of nitrogens with zero attached hydrogens (tertiary/aromatic N) is 1. The third-order valence-corrected chi connectivity index (χ3v) is 4.35. The number of hydrogen-bond donors (Lipinski definition) is 2. The summed E-state index contributed by atoms with van der Waals surface area (Å²) in [5.41, 5.74) is 9.87. The molecule has 1 unspecified atom stereocenters. The SMILES string of the molecule is CC1CC(c2ccc3c4c([nH]c3c2)CCCC4)=NN1. The Morgan fingerprint density at radius 1 is 1.21 bits per heavy atom. The van der Waals surface area contributed by atoms with Crippen molar-refractivity contribution in [2.45, 2.75) is 45.1 Å². The van der Waals surface area contributed by atoms with Gasteiger partial charge in [-0.25, -0.2) is 0 Å². The molecule has 3 nitrogen and oxygen atoms in total. The van der Waals surface area contributed by atoms with Crippen molar-refractivity contribution in [2.24, 2.45) is 5.10 Å². The van der Waals surface area contributed by atoms with Crippen molar-refractivity contribution in [3.05, 3.63) is 35.0 Å². The molecule has 0 fully saturated rings. The van der Waals surface area contributed by atoms with Crippen molar-refractivity contribution in [3.63, 3.8) is 0 Å². The number of aromatic amines is 1. The number of aryl methyl sites for hydroxylation is 2. The summed E-state index contributed by atoms with van der Waals surface area (Å²) in [5, 5.41) is 5.84. The highest BCUT2D eigenvalue weighted by molar-refractivity contribution is 6.04. The van der Waals surface area contributed by atoms with E-state index in [1.165, 1.54) is 53.6 Å². The van der Waals surface area contributed by atoms with Gasteiger partial charge in [0.05, 0.1) is 5.71 Å². The van der Waals surface area contributed by atoms with E-state index in [-0.39, 0.29) is 0 Å². The Hall–Kier alpha value is -1.77. The molecular formula is C16H19N3. The van der Waals surface area contributed by atoms with Crippen molar-refractivity contribution >= 4 is 16.6 Å². The first-order chi connectivity index (χ1) is 9.31. The minimum absolute atomic E-state index is 0.461. The van der Waals surface area contributed by atoms with Gasteiger partial charge in [-0.1, -0.05) is 12.1 Å². The third kappa shape index (κ3) is 1.76. The fraction of sp³-hybridized carbons (Fsp3) is 0.438. The molecular weight excluding hydrogens is 234 g/mol. The van der Waals surface area contributed by atoms with Crippen LogP contribution in [0, 0.1) is 0 Å². The van der Waals surface area contributed by atoms with Gasteiger partial charge in [0.15, 0.2) is 0 Å². The molecule has 3 heteroatoms. The molecule has 2 aromatic rings. The van der Waals surface area contributed by atoms with E-state index in [9.17, 15) is 0 Å². The van der Waals surface area contributed by atoms with Crippen molar-refractivity contribution in [3.8, 4) is 0 Å². The van der Waals surface area contributed by atoms with Crippen LogP contribution in [0.2, 0.25) is 0 Å². The third-order valence-electron chi connectivity index (χ3n) is 4.35. The molecule has 4 rings (SSSR count). The molecule has 0 amide bonds. The summed E-state index contributed by atoms with van der Waals surface area (Å²) in [6, 6.07) is 7.23. The average molecular weight is 253 g/mol. The first-order valence-corrected chi connectivity index (χ1v) is 7.27. The minimum Gasteiger partial charge on any atom is -0.358 e. The molecule has 2 aliphatic rings. The Kier molecular flexibility index (Phi) is 2.40. The van der Waals surface area contributed by atoms with Gasteiger partial charge in [-0.05, 0) is 49.8 Å². The lowest BCUT2D eigenvalue weighted by Crippen LogP contribution is -2.13. The monoisotopic (exact) mass is 253 g/mol. The maximum Gasteiger partial charge on any atom is 0.0696 e. The van der Waals surface area contributed by atoms with Crippen LogP contribution in [0.4, 0.5) is 0 Å². The molecule has 0 bridgehead atoms. The lowest BCUT2D eigenvalue weighted by atomic mass is 9.95. The van der Waals surface area contributed by atoms with Gasteiger partial charge in [0.1, 0.15) is 0 Å². The van der Waals surface area contributed by atoms with Crippen molar-refractivity contribution in [2.75, 3.05) is 0 Å². The molecule has 0 radical (unpaired) electrons. The summed E-state index contributed by atoms with van der Waals surface area (Å²) < 4.78 is 0. The zero-order valence-electron chi connectivity index (χ0n) is 11.3. The molecule has 1 aliphatic carbocycles. The van der Waals surface area contributed by atoms with E-state index >= 15 is 0 Å². The summed E-state index contributed by atoms with van der Waals surface area (Å²) in [7, 11) is 0. The van der Waals surface area contributed by atoms with Crippen LogP contribution >= 0.6 is 0 Å². The summed E-state index contributed by atoms with van der Waals surface area (Å²) in [6.07, 6.45) is 6.11. The Bertz CT molecular complexity index is 666. The Labute approximate surface area is 113 Å². The van der Waals surface area contributed by atoms with Crippen molar-refractivity contribution in [1.82, 2.24) is 10.4 Å². The van der Waals surface area contributed by atoms with E-state index in [1.807, 2.05) is 0 Å². The number of hydrazone groups is 1. The van der Waals surface area contributed by atoms with E-state index in [0.717, 1.165) is 6.42 Å².